The van der Waals surface area contributed by atoms with Gasteiger partial charge < -0.3 is 25.4 Å². The molecular weight excluding hydrogens is 430 g/mol. The molecule has 7 nitrogen and oxygen atoms in total. The third-order valence-corrected chi connectivity index (χ3v) is 7.02. The van der Waals surface area contributed by atoms with Crippen LogP contribution in [0.3, 0.4) is 0 Å². The highest BCUT2D eigenvalue weighted by Crippen LogP contribution is 2.32. The van der Waals surface area contributed by atoms with Gasteiger partial charge in [0.25, 0.3) is 0 Å². The highest BCUT2D eigenvalue weighted by atomic mass is 35.5. The van der Waals surface area contributed by atoms with Crippen LogP contribution in [-0.4, -0.2) is 61.7 Å². The number of carbonyl (C=O) groups is 2. The number of anilines is 1. The minimum atomic E-state index is -0.933. The molecular formula is C24H38ClN3O4. The van der Waals surface area contributed by atoms with E-state index in [0.717, 1.165) is 49.8 Å². The first-order valence-corrected chi connectivity index (χ1v) is 11.4. The number of hydrogen-bond acceptors (Lipinski definition) is 5. The van der Waals surface area contributed by atoms with E-state index in [1.807, 2.05) is 37.0 Å². The van der Waals surface area contributed by atoms with Crippen LogP contribution in [0, 0.1) is 11.8 Å². The Bertz CT molecular complexity index is 777. The molecule has 1 unspecified atom stereocenters. The number of amides is 1. The summed E-state index contributed by atoms with van der Waals surface area (Å²) in [6.45, 7) is 1.04. The average molecular weight is 468 g/mol. The van der Waals surface area contributed by atoms with Crippen LogP contribution in [0.1, 0.15) is 60.9 Å². The summed E-state index contributed by atoms with van der Waals surface area (Å²) < 4.78 is 5.95. The maximum absolute atomic E-state index is 12.7. The number of nitrogens with two attached hydrogens (primary N) is 1. The lowest BCUT2D eigenvalue weighted by Crippen LogP contribution is -2.52. The van der Waals surface area contributed by atoms with Gasteiger partial charge in [-0.05, 0) is 80.5 Å². The van der Waals surface area contributed by atoms with Crippen LogP contribution in [0.15, 0.2) is 18.2 Å². The van der Waals surface area contributed by atoms with Crippen molar-refractivity contribution in [3.8, 4) is 0 Å². The van der Waals surface area contributed by atoms with Gasteiger partial charge in [-0.1, -0.05) is 0 Å². The molecule has 1 atom stereocenters. The Labute approximate surface area is 197 Å². The molecule has 3 N–H and O–H groups in total. The number of carboxylic acid groups (broad SMARTS) is 1. The second-order valence-electron chi connectivity index (χ2n) is 9.44. The fourth-order valence-corrected chi connectivity index (χ4v) is 4.59. The highest BCUT2D eigenvalue weighted by Gasteiger charge is 2.34. The van der Waals surface area contributed by atoms with Gasteiger partial charge in [-0.3, -0.25) is 4.79 Å². The van der Waals surface area contributed by atoms with Crippen LogP contribution < -0.4 is 10.6 Å². The number of ether oxygens (including phenoxy) is 1. The minimum Gasteiger partial charge on any atom is -0.478 e. The van der Waals surface area contributed by atoms with E-state index in [4.69, 9.17) is 10.5 Å². The molecule has 0 saturated heterocycles. The molecule has 2 aliphatic rings. The van der Waals surface area contributed by atoms with E-state index in [9.17, 15) is 14.7 Å². The van der Waals surface area contributed by atoms with Gasteiger partial charge in [0.05, 0.1) is 18.2 Å². The quantitative estimate of drug-likeness (QED) is 0.576. The van der Waals surface area contributed by atoms with Crippen molar-refractivity contribution in [2.45, 2.75) is 63.6 Å². The van der Waals surface area contributed by atoms with Crippen LogP contribution >= 0.6 is 12.4 Å². The Morgan fingerprint density at radius 3 is 2.28 bits per heavy atom. The van der Waals surface area contributed by atoms with E-state index >= 15 is 0 Å². The van der Waals surface area contributed by atoms with Crippen LogP contribution in [0.2, 0.25) is 0 Å². The zero-order valence-corrected chi connectivity index (χ0v) is 20.3. The third kappa shape index (κ3) is 6.59. The summed E-state index contributed by atoms with van der Waals surface area (Å²) in [7, 11) is 5.68. The van der Waals surface area contributed by atoms with Crippen LogP contribution in [-0.2, 0) is 16.1 Å². The predicted molar refractivity (Wildman–Crippen MR) is 128 cm³/mol. The number of aromatic carboxylic acids is 1. The van der Waals surface area contributed by atoms with Crippen LogP contribution in [0.5, 0.6) is 0 Å². The number of halogens is 1. The fraction of sp³-hybridized carbons (Fsp3) is 0.667. The largest absolute Gasteiger partial charge is 0.478 e. The zero-order chi connectivity index (χ0) is 22.5. The molecule has 180 valence electrons. The molecule has 3 rings (SSSR count). The Morgan fingerprint density at radius 2 is 1.75 bits per heavy atom. The van der Waals surface area contributed by atoms with Gasteiger partial charge in [0.1, 0.15) is 0 Å². The minimum absolute atomic E-state index is 0. The maximum Gasteiger partial charge on any atom is 0.335 e. The van der Waals surface area contributed by atoms with Gasteiger partial charge >= 0.3 is 5.97 Å². The predicted octanol–water partition coefficient (Wildman–Crippen LogP) is 3.53. The summed E-state index contributed by atoms with van der Waals surface area (Å²) in [5, 5.41) is 9.34. The zero-order valence-electron chi connectivity index (χ0n) is 19.5. The lowest BCUT2D eigenvalue weighted by atomic mass is 9.78. The maximum atomic E-state index is 12.7. The lowest BCUT2D eigenvalue weighted by molar-refractivity contribution is -0.136. The SMILES string of the molecule is CN(C)c1cc(COCC2CCC(C(N)C(=O)N(C)C3CCC3)CC2)cc(C(=O)O)c1.Cl. The fourth-order valence-electron chi connectivity index (χ4n) is 4.59. The summed E-state index contributed by atoms with van der Waals surface area (Å²) in [5.41, 5.74) is 8.32. The Hall–Kier alpha value is -1.83. The molecule has 8 heteroatoms. The summed E-state index contributed by atoms with van der Waals surface area (Å²) in [6.07, 6.45) is 7.35. The second-order valence-corrected chi connectivity index (χ2v) is 9.44. The van der Waals surface area contributed by atoms with E-state index < -0.39 is 12.0 Å². The number of carboxylic acids is 1. The van der Waals surface area contributed by atoms with E-state index in [-0.39, 0.29) is 29.8 Å². The van der Waals surface area contributed by atoms with Crippen molar-refractivity contribution in [1.29, 1.82) is 0 Å². The molecule has 1 aromatic carbocycles. The van der Waals surface area contributed by atoms with Crippen molar-refractivity contribution in [1.82, 2.24) is 4.90 Å². The smallest absolute Gasteiger partial charge is 0.335 e. The normalized spacial score (nSPS) is 21.8. The molecule has 0 heterocycles. The van der Waals surface area contributed by atoms with Gasteiger partial charge in [0.2, 0.25) is 5.91 Å². The molecule has 0 radical (unpaired) electrons. The number of hydrogen-bond donors (Lipinski definition) is 2. The molecule has 2 fully saturated rings. The first-order chi connectivity index (χ1) is 14.8. The van der Waals surface area contributed by atoms with Gasteiger partial charge in [-0.2, -0.15) is 0 Å². The first-order valence-electron chi connectivity index (χ1n) is 11.4. The molecule has 1 amide bonds. The van der Waals surface area contributed by atoms with Gasteiger partial charge in [-0.25, -0.2) is 4.79 Å². The highest BCUT2D eigenvalue weighted by molar-refractivity contribution is 5.89. The molecule has 0 aromatic heterocycles. The van der Waals surface area contributed by atoms with E-state index in [1.54, 1.807) is 12.1 Å². The summed E-state index contributed by atoms with van der Waals surface area (Å²) >= 11 is 0. The van der Waals surface area contributed by atoms with Gasteiger partial charge in [0, 0.05) is 39.5 Å². The molecule has 1 aromatic rings. The summed E-state index contributed by atoms with van der Waals surface area (Å²) in [5.74, 6) is -0.128. The van der Waals surface area contributed by atoms with Crippen molar-refractivity contribution < 1.29 is 19.4 Å². The molecule has 0 bridgehead atoms. The van der Waals surface area contributed by atoms with Crippen LogP contribution in [0.25, 0.3) is 0 Å². The lowest BCUT2D eigenvalue weighted by Gasteiger charge is -2.38. The summed E-state index contributed by atoms with van der Waals surface area (Å²) in [4.78, 5) is 27.8. The molecule has 2 saturated carbocycles. The second kappa shape index (κ2) is 11.9. The van der Waals surface area contributed by atoms with E-state index in [2.05, 4.69) is 0 Å². The van der Waals surface area contributed by atoms with Gasteiger partial charge in [-0.15, -0.1) is 12.4 Å². The van der Waals surface area contributed by atoms with E-state index in [0.29, 0.717) is 25.2 Å². The number of rotatable bonds is 9. The van der Waals surface area contributed by atoms with Crippen LogP contribution in [0.4, 0.5) is 5.69 Å². The van der Waals surface area contributed by atoms with Crippen molar-refractivity contribution >= 4 is 30.0 Å². The number of nitrogens with zero attached hydrogens (tertiary/aromatic N) is 2. The standard InChI is InChI=1S/C24H37N3O4.ClH/c1-26(2)21-12-17(11-19(13-21)24(29)30)15-31-14-16-7-9-18(10-8-16)22(25)23(28)27(3)20-5-4-6-20;/h11-13,16,18,20,22H,4-10,14-15,25H2,1-3H3,(H,29,30);1H. The van der Waals surface area contributed by atoms with E-state index in [1.165, 1.54) is 6.42 Å². The Morgan fingerprint density at radius 1 is 1.09 bits per heavy atom. The third-order valence-electron chi connectivity index (χ3n) is 7.02. The monoisotopic (exact) mass is 467 g/mol. The molecule has 0 spiro atoms. The molecule has 32 heavy (non-hydrogen) atoms. The van der Waals surface area contributed by atoms with Crippen molar-refractivity contribution in [2.24, 2.45) is 17.6 Å². The average Bonchev–Trinajstić information content (AvgIpc) is 2.71. The number of benzene rings is 1. The number of carbonyl (C=O) groups excluding carboxylic acids is 1. The van der Waals surface area contributed by atoms with Crippen molar-refractivity contribution in [3.63, 3.8) is 0 Å². The van der Waals surface area contributed by atoms with Gasteiger partial charge in [0.15, 0.2) is 0 Å². The first kappa shape index (κ1) is 26.4. The Balaban J connectivity index is 0.00000363. The number of likely N-dealkylation sites (N-methyl/N-ethyl adjacent to an activating group) is 1. The van der Waals surface area contributed by atoms with Crippen molar-refractivity contribution in [3.05, 3.63) is 29.3 Å². The molecule has 2 aliphatic carbocycles. The topological polar surface area (TPSA) is 96.1 Å². The van der Waals surface area contributed by atoms with Crippen molar-refractivity contribution in [2.75, 3.05) is 32.6 Å². The summed E-state index contributed by atoms with van der Waals surface area (Å²) in [6, 6.07) is 5.30. The molecule has 0 aliphatic heterocycles. The Kier molecular flexibility index (Phi) is 9.80.